The first-order valence-electron chi connectivity index (χ1n) is 6.34. The number of benzene rings is 1. The summed E-state index contributed by atoms with van der Waals surface area (Å²) in [5, 5.41) is 3.53. The molecule has 1 aromatic rings. The molecule has 0 aromatic heterocycles. The Kier molecular flexibility index (Phi) is 5.01. The molecule has 0 fully saturated rings. The van der Waals surface area contributed by atoms with Gasteiger partial charge in [-0.25, -0.2) is 0 Å². The van der Waals surface area contributed by atoms with Crippen LogP contribution in [-0.4, -0.2) is 12.1 Å². The summed E-state index contributed by atoms with van der Waals surface area (Å²) in [7, 11) is 0. The Morgan fingerprint density at radius 1 is 0.938 bits per heavy atom. The smallest absolute Gasteiger partial charge is 0.00815 e. The number of hydrogen-bond donors (Lipinski definition) is 1. The van der Waals surface area contributed by atoms with Gasteiger partial charge in [-0.1, -0.05) is 52.0 Å². The van der Waals surface area contributed by atoms with Gasteiger partial charge in [0.25, 0.3) is 0 Å². The third-order valence-electron chi connectivity index (χ3n) is 2.81. The molecule has 0 saturated carbocycles. The van der Waals surface area contributed by atoms with E-state index in [2.05, 4.69) is 64.2 Å². The van der Waals surface area contributed by atoms with E-state index in [0.717, 1.165) is 6.42 Å². The van der Waals surface area contributed by atoms with Gasteiger partial charge in [-0.05, 0) is 30.4 Å². The van der Waals surface area contributed by atoms with E-state index in [4.69, 9.17) is 0 Å². The van der Waals surface area contributed by atoms with Gasteiger partial charge < -0.3 is 5.32 Å². The molecule has 90 valence electrons. The number of hydrogen-bond acceptors (Lipinski definition) is 1. The van der Waals surface area contributed by atoms with Crippen molar-refractivity contribution in [3.63, 3.8) is 0 Å². The lowest BCUT2D eigenvalue weighted by Gasteiger charge is -2.17. The third-order valence-corrected chi connectivity index (χ3v) is 2.81. The van der Waals surface area contributed by atoms with Gasteiger partial charge >= 0.3 is 0 Å². The van der Waals surface area contributed by atoms with Crippen LogP contribution < -0.4 is 5.32 Å². The highest BCUT2D eigenvalue weighted by molar-refractivity contribution is 5.25. The van der Waals surface area contributed by atoms with E-state index in [1.165, 1.54) is 11.1 Å². The highest BCUT2D eigenvalue weighted by Gasteiger charge is 2.05. The minimum absolute atomic E-state index is 0.546. The summed E-state index contributed by atoms with van der Waals surface area (Å²) in [6.45, 7) is 11.1. The SMILES string of the molecule is CC(C)NC(C)Cc1ccc(C(C)C)cc1. The maximum atomic E-state index is 3.53. The molecular formula is C15H25N. The Morgan fingerprint density at radius 2 is 1.50 bits per heavy atom. The van der Waals surface area contributed by atoms with Crippen molar-refractivity contribution >= 4 is 0 Å². The minimum Gasteiger partial charge on any atom is -0.312 e. The van der Waals surface area contributed by atoms with Crippen molar-refractivity contribution < 1.29 is 0 Å². The van der Waals surface area contributed by atoms with Crippen LogP contribution in [-0.2, 0) is 6.42 Å². The predicted octanol–water partition coefficient (Wildman–Crippen LogP) is 3.74. The van der Waals surface area contributed by atoms with Gasteiger partial charge in [0.1, 0.15) is 0 Å². The van der Waals surface area contributed by atoms with Crippen LogP contribution in [0.2, 0.25) is 0 Å². The molecule has 1 atom stereocenters. The number of nitrogens with one attached hydrogen (secondary N) is 1. The van der Waals surface area contributed by atoms with Crippen LogP contribution in [0.3, 0.4) is 0 Å². The molecule has 16 heavy (non-hydrogen) atoms. The summed E-state index contributed by atoms with van der Waals surface area (Å²) in [5.41, 5.74) is 2.85. The maximum Gasteiger partial charge on any atom is 0.00815 e. The molecule has 0 radical (unpaired) electrons. The Balaban J connectivity index is 2.55. The van der Waals surface area contributed by atoms with Crippen LogP contribution in [0.4, 0.5) is 0 Å². The van der Waals surface area contributed by atoms with Gasteiger partial charge in [-0.15, -0.1) is 0 Å². The highest BCUT2D eigenvalue weighted by Crippen LogP contribution is 2.15. The summed E-state index contributed by atoms with van der Waals surface area (Å²) < 4.78 is 0. The van der Waals surface area contributed by atoms with Crippen molar-refractivity contribution in [1.82, 2.24) is 5.32 Å². The van der Waals surface area contributed by atoms with Gasteiger partial charge in [-0.3, -0.25) is 0 Å². The second kappa shape index (κ2) is 6.05. The monoisotopic (exact) mass is 219 g/mol. The standard InChI is InChI=1S/C15H25N/c1-11(2)15-8-6-14(7-9-15)10-13(5)16-12(3)4/h6-9,11-13,16H,10H2,1-5H3. The van der Waals surface area contributed by atoms with Crippen LogP contribution >= 0.6 is 0 Å². The van der Waals surface area contributed by atoms with Crippen molar-refractivity contribution in [2.24, 2.45) is 0 Å². The average molecular weight is 219 g/mol. The molecular weight excluding hydrogens is 194 g/mol. The van der Waals surface area contributed by atoms with E-state index in [-0.39, 0.29) is 0 Å². The Bertz CT molecular complexity index is 298. The zero-order valence-electron chi connectivity index (χ0n) is 11.2. The lowest BCUT2D eigenvalue weighted by atomic mass is 9.99. The number of rotatable bonds is 5. The molecule has 1 aromatic carbocycles. The fraction of sp³-hybridized carbons (Fsp3) is 0.600. The summed E-state index contributed by atoms with van der Waals surface area (Å²) >= 11 is 0. The first-order chi connectivity index (χ1) is 7.49. The Morgan fingerprint density at radius 3 is 1.94 bits per heavy atom. The topological polar surface area (TPSA) is 12.0 Å². The molecule has 0 aliphatic carbocycles. The quantitative estimate of drug-likeness (QED) is 0.795. The van der Waals surface area contributed by atoms with Crippen LogP contribution in [0.5, 0.6) is 0 Å². The lowest BCUT2D eigenvalue weighted by molar-refractivity contribution is 0.487. The second-order valence-corrected chi connectivity index (χ2v) is 5.32. The molecule has 1 N–H and O–H groups in total. The zero-order chi connectivity index (χ0) is 12.1. The summed E-state index contributed by atoms with van der Waals surface area (Å²) in [6, 6.07) is 10.1. The molecule has 1 nitrogen and oxygen atoms in total. The summed E-state index contributed by atoms with van der Waals surface area (Å²) in [6.07, 6.45) is 1.11. The first-order valence-corrected chi connectivity index (χ1v) is 6.34. The van der Waals surface area contributed by atoms with Gasteiger partial charge in [0.15, 0.2) is 0 Å². The highest BCUT2D eigenvalue weighted by atomic mass is 14.9. The van der Waals surface area contributed by atoms with Gasteiger partial charge in [0.2, 0.25) is 0 Å². The van der Waals surface area contributed by atoms with Crippen LogP contribution in [0.1, 0.15) is 51.7 Å². The normalized spacial score (nSPS) is 13.4. The van der Waals surface area contributed by atoms with Crippen molar-refractivity contribution in [2.75, 3.05) is 0 Å². The molecule has 0 saturated heterocycles. The molecule has 0 spiro atoms. The maximum absolute atomic E-state index is 3.53. The van der Waals surface area contributed by atoms with E-state index in [0.29, 0.717) is 18.0 Å². The largest absolute Gasteiger partial charge is 0.312 e. The van der Waals surface area contributed by atoms with Gasteiger partial charge in [0, 0.05) is 12.1 Å². The van der Waals surface area contributed by atoms with Crippen LogP contribution in [0.25, 0.3) is 0 Å². The van der Waals surface area contributed by atoms with Crippen molar-refractivity contribution in [3.8, 4) is 0 Å². The van der Waals surface area contributed by atoms with Gasteiger partial charge in [0.05, 0.1) is 0 Å². The third kappa shape index (κ3) is 4.36. The molecule has 1 unspecified atom stereocenters. The molecule has 0 amide bonds. The fourth-order valence-electron chi connectivity index (χ4n) is 2.02. The Hall–Kier alpha value is -0.820. The molecule has 0 bridgehead atoms. The van der Waals surface area contributed by atoms with E-state index in [1.54, 1.807) is 0 Å². The van der Waals surface area contributed by atoms with Crippen molar-refractivity contribution in [3.05, 3.63) is 35.4 Å². The van der Waals surface area contributed by atoms with Gasteiger partial charge in [-0.2, -0.15) is 0 Å². The molecule has 0 aliphatic rings. The van der Waals surface area contributed by atoms with E-state index in [9.17, 15) is 0 Å². The minimum atomic E-state index is 0.546. The van der Waals surface area contributed by atoms with Crippen LogP contribution in [0, 0.1) is 0 Å². The first kappa shape index (κ1) is 13.2. The van der Waals surface area contributed by atoms with E-state index >= 15 is 0 Å². The average Bonchev–Trinajstić information content (AvgIpc) is 2.16. The van der Waals surface area contributed by atoms with Crippen molar-refractivity contribution in [1.29, 1.82) is 0 Å². The second-order valence-electron chi connectivity index (χ2n) is 5.32. The Labute approximate surface area is 100 Å². The lowest BCUT2D eigenvalue weighted by Crippen LogP contribution is -2.33. The van der Waals surface area contributed by atoms with E-state index in [1.807, 2.05) is 0 Å². The summed E-state index contributed by atoms with van der Waals surface area (Å²) in [4.78, 5) is 0. The molecule has 1 heteroatoms. The summed E-state index contributed by atoms with van der Waals surface area (Å²) in [5.74, 6) is 0.625. The zero-order valence-corrected chi connectivity index (χ0v) is 11.2. The predicted molar refractivity (Wildman–Crippen MR) is 72.0 cm³/mol. The molecule has 0 aliphatic heterocycles. The van der Waals surface area contributed by atoms with Crippen LogP contribution in [0.15, 0.2) is 24.3 Å². The molecule has 0 heterocycles. The van der Waals surface area contributed by atoms with Crippen molar-refractivity contribution in [2.45, 2.75) is 59.0 Å². The molecule has 1 rings (SSSR count). The van der Waals surface area contributed by atoms with E-state index < -0.39 is 0 Å². The fourth-order valence-corrected chi connectivity index (χ4v) is 2.02.